The minimum atomic E-state index is -4.24. The maximum Gasteiger partial charge on any atom is 0.446 e. The van der Waals surface area contributed by atoms with Crippen molar-refractivity contribution in [3.05, 3.63) is 24.3 Å². The highest BCUT2D eigenvalue weighted by Crippen LogP contribution is 2.40. The first-order valence-corrected chi connectivity index (χ1v) is 6.86. The molecule has 0 atom stereocenters. The van der Waals surface area contributed by atoms with Gasteiger partial charge in [0.2, 0.25) is 0 Å². The molecule has 1 N–H and O–H groups in total. The molecule has 0 saturated carbocycles. The number of para-hydroxylation sites is 1. The molecule has 0 aliphatic rings. The summed E-state index contributed by atoms with van der Waals surface area (Å²) in [5.41, 5.74) is -3.68. The Hall–Kier alpha value is -0.840. The van der Waals surface area contributed by atoms with Crippen LogP contribution in [0.3, 0.4) is 0 Å². The van der Waals surface area contributed by atoms with Gasteiger partial charge in [0.05, 0.1) is 0 Å². The first-order chi connectivity index (χ1) is 8.46. The molecule has 18 heavy (non-hydrogen) atoms. The Labute approximate surface area is 110 Å². The lowest BCUT2D eigenvalue weighted by atomic mass is 10.0. The van der Waals surface area contributed by atoms with Gasteiger partial charge < -0.3 is 5.32 Å². The molecule has 1 nitrogen and oxygen atoms in total. The first-order valence-electron chi connectivity index (χ1n) is 6.05. The van der Waals surface area contributed by atoms with Crippen molar-refractivity contribution in [2.24, 2.45) is 5.92 Å². The van der Waals surface area contributed by atoms with Crippen molar-refractivity contribution in [2.75, 3.05) is 11.9 Å². The SMILES string of the molecule is CCC(CC)CNc1ccccc1SC(F)(F)F. The van der Waals surface area contributed by atoms with Gasteiger partial charge in [-0.25, -0.2) is 0 Å². The van der Waals surface area contributed by atoms with Crippen LogP contribution >= 0.6 is 11.8 Å². The summed E-state index contributed by atoms with van der Waals surface area (Å²) in [5, 5.41) is 3.12. The van der Waals surface area contributed by atoms with E-state index in [1.165, 1.54) is 6.07 Å². The third-order valence-corrected chi connectivity index (χ3v) is 3.66. The summed E-state index contributed by atoms with van der Waals surface area (Å²) >= 11 is -0.0683. The van der Waals surface area contributed by atoms with Gasteiger partial charge in [0.15, 0.2) is 0 Å². The Morgan fingerprint density at radius 2 is 1.78 bits per heavy atom. The minimum Gasteiger partial charge on any atom is -0.384 e. The predicted molar refractivity (Wildman–Crippen MR) is 70.9 cm³/mol. The van der Waals surface area contributed by atoms with Gasteiger partial charge in [0.1, 0.15) is 0 Å². The standard InChI is InChI=1S/C13H18F3NS/c1-3-10(4-2)9-17-11-7-5-6-8-12(11)18-13(14,15)16/h5-8,10,17H,3-4,9H2,1-2H3. The first kappa shape index (κ1) is 15.2. The number of benzene rings is 1. The summed E-state index contributed by atoms with van der Waals surface area (Å²) in [7, 11) is 0. The average molecular weight is 277 g/mol. The van der Waals surface area contributed by atoms with E-state index in [4.69, 9.17) is 0 Å². The molecular formula is C13H18F3NS. The smallest absolute Gasteiger partial charge is 0.384 e. The Balaban J connectivity index is 2.70. The summed E-state index contributed by atoms with van der Waals surface area (Å²) in [5.74, 6) is 0.494. The van der Waals surface area contributed by atoms with E-state index in [-0.39, 0.29) is 16.7 Å². The number of hydrogen-bond acceptors (Lipinski definition) is 2. The van der Waals surface area contributed by atoms with Crippen LogP contribution < -0.4 is 5.32 Å². The number of alkyl halides is 3. The van der Waals surface area contributed by atoms with E-state index >= 15 is 0 Å². The van der Waals surface area contributed by atoms with Gasteiger partial charge in [-0.05, 0) is 29.8 Å². The molecule has 0 bridgehead atoms. The summed E-state index contributed by atoms with van der Waals surface area (Å²) in [6.07, 6.45) is 2.05. The van der Waals surface area contributed by atoms with E-state index in [9.17, 15) is 13.2 Å². The Morgan fingerprint density at radius 3 is 2.33 bits per heavy atom. The minimum absolute atomic E-state index is 0.0683. The van der Waals surface area contributed by atoms with Gasteiger partial charge >= 0.3 is 5.51 Å². The lowest BCUT2D eigenvalue weighted by molar-refractivity contribution is -0.0327. The highest BCUT2D eigenvalue weighted by Gasteiger charge is 2.30. The molecule has 1 rings (SSSR count). The maximum absolute atomic E-state index is 12.4. The molecule has 0 heterocycles. The zero-order chi connectivity index (χ0) is 13.6. The van der Waals surface area contributed by atoms with Crippen molar-refractivity contribution in [2.45, 2.75) is 37.1 Å². The van der Waals surface area contributed by atoms with Crippen LogP contribution in [0.5, 0.6) is 0 Å². The molecule has 1 aromatic carbocycles. The average Bonchev–Trinajstić information content (AvgIpc) is 2.30. The van der Waals surface area contributed by atoms with E-state index in [0.29, 0.717) is 18.2 Å². The van der Waals surface area contributed by atoms with Crippen molar-refractivity contribution >= 4 is 17.4 Å². The zero-order valence-corrected chi connectivity index (χ0v) is 11.4. The Kier molecular flexibility index (Phi) is 5.85. The molecule has 0 saturated heterocycles. The quantitative estimate of drug-likeness (QED) is 0.722. The van der Waals surface area contributed by atoms with Gasteiger partial charge in [-0.2, -0.15) is 13.2 Å². The van der Waals surface area contributed by atoms with Crippen molar-refractivity contribution < 1.29 is 13.2 Å². The molecule has 102 valence electrons. The number of hydrogen-bond donors (Lipinski definition) is 1. The summed E-state index contributed by atoms with van der Waals surface area (Å²) in [6.45, 7) is 4.89. The van der Waals surface area contributed by atoms with Gasteiger partial charge in [-0.15, -0.1) is 0 Å². The van der Waals surface area contributed by atoms with E-state index in [2.05, 4.69) is 19.2 Å². The van der Waals surface area contributed by atoms with Crippen LogP contribution in [0.2, 0.25) is 0 Å². The summed E-state index contributed by atoms with van der Waals surface area (Å²) in [6, 6.07) is 6.55. The molecule has 0 radical (unpaired) electrons. The number of rotatable bonds is 6. The molecule has 0 fully saturated rings. The van der Waals surface area contributed by atoms with Crippen molar-refractivity contribution in [1.82, 2.24) is 0 Å². The topological polar surface area (TPSA) is 12.0 Å². The van der Waals surface area contributed by atoms with E-state index in [0.717, 1.165) is 12.8 Å². The van der Waals surface area contributed by atoms with Crippen LogP contribution in [0.25, 0.3) is 0 Å². The van der Waals surface area contributed by atoms with Crippen molar-refractivity contribution in [3.63, 3.8) is 0 Å². The second-order valence-electron chi connectivity index (χ2n) is 4.11. The highest BCUT2D eigenvalue weighted by molar-refractivity contribution is 8.00. The normalized spacial score (nSPS) is 11.9. The number of halogens is 3. The Bertz CT molecular complexity index is 361. The van der Waals surface area contributed by atoms with Gasteiger partial charge in [0, 0.05) is 17.1 Å². The fourth-order valence-corrected chi connectivity index (χ4v) is 2.30. The van der Waals surface area contributed by atoms with Crippen LogP contribution in [-0.4, -0.2) is 12.1 Å². The van der Waals surface area contributed by atoms with Crippen molar-refractivity contribution in [3.8, 4) is 0 Å². The highest BCUT2D eigenvalue weighted by atomic mass is 32.2. The van der Waals surface area contributed by atoms with E-state index in [1.807, 2.05) is 0 Å². The lowest BCUT2D eigenvalue weighted by Gasteiger charge is -2.17. The lowest BCUT2D eigenvalue weighted by Crippen LogP contribution is -2.13. The second-order valence-corrected chi connectivity index (χ2v) is 5.21. The van der Waals surface area contributed by atoms with Crippen LogP contribution in [0.1, 0.15) is 26.7 Å². The van der Waals surface area contributed by atoms with Crippen LogP contribution in [0.15, 0.2) is 29.2 Å². The fourth-order valence-electron chi connectivity index (χ4n) is 1.66. The third-order valence-electron chi connectivity index (χ3n) is 2.85. The summed E-state index contributed by atoms with van der Waals surface area (Å²) in [4.78, 5) is 0.232. The molecular weight excluding hydrogens is 259 g/mol. The molecule has 0 aromatic heterocycles. The van der Waals surface area contributed by atoms with Gasteiger partial charge in [0.25, 0.3) is 0 Å². The van der Waals surface area contributed by atoms with Gasteiger partial charge in [-0.3, -0.25) is 0 Å². The van der Waals surface area contributed by atoms with Crippen LogP contribution in [-0.2, 0) is 0 Å². The fraction of sp³-hybridized carbons (Fsp3) is 0.538. The predicted octanol–water partition coefficient (Wildman–Crippen LogP) is 5.15. The largest absolute Gasteiger partial charge is 0.446 e. The molecule has 5 heteroatoms. The number of thioether (sulfide) groups is 1. The number of anilines is 1. The van der Waals surface area contributed by atoms with E-state index < -0.39 is 5.51 Å². The Morgan fingerprint density at radius 1 is 1.17 bits per heavy atom. The van der Waals surface area contributed by atoms with E-state index in [1.54, 1.807) is 18.2 Å². The molecule has 0 aliphatic carbocycles. The monoisotopic (exact) mass is 277 g/mol. The molecule has 0 unspecified atom stereocenters. The second kappa shape index (κ2) is 6.92. The molecule has 0 aliphatic heterocycles. The van der Waals surface area contributed by atoms with Crippen molar-refractivity contribution in [1.29, 1.82) is 0 Å². The number of nitrogens with one attached hydrogen (secondary N) is 1. The van der Waals surface area contributed by atoms with Crippen LogP contribution in [0.4, 0.5) is 18.9 Å². The maximum atomic E-state index is 12.4. The molecule has 0 amide bonds. The van der Waals surface area contributed by atoms with Gasteiger partial charge in [-0.1, -0.05) is 38.8 Å². The molecule has 0 spiro atoms. The van der Waals surface area contributed by atoms with Crippen LogP contribution in [0, 0.1) is 5.92 Å². The summed E-state index contributed by atoms with van der Waals surface area (Å²) < 4.78 is 37.2. The zero-order valence-electron chi connectivity index (χ0n) is 10.6. The third kappa shape index (κ3) is 5.21. The molecule has 1 aromatic rings.